The molecule has 41 heavy (non-hydrogen) atoms. The number of ether oxygens (including phenoxy) is 1. The van der Waals surface area contributed by atoms with Gasteiger partial charge in [0, 0.05) is 25.8 Å². The number of sulfonamides is 1. The average Bonchev–Trinajstić information content (AvgIpc) is 3.32. The number of aliphatic hydroxyl groups excluding tert-OH is 1. The Balaban J connectivity index is 1.69. The molecule has 0 radical (unpaired) electrons. The maximum atomic E-state index is 13.7. The van der Waals surface area contributed by atoms with Gasteiger partial charge < -0.3 is 24.2 Å². The maximum Gasteiger partial charge on any atom is 0.294 e. The normalized spacial score (nSPS) is 15.7. The lowest BCUT2D eigenvalue weighted by molar-refractivity contribution is -0.759. The molecule has 0 amide bonds. The van der Waals surface area contributed by atoms with Crippen molar-refractivity contribution >= 4 is 21.1 Å². The van der Waals surface area contributed by atoms with Crippen LogP contribution in [-0.2, 0) is 27.8 Å². The summed E-state index contributed by atoms with van der Waals surface area (Å²) < 4.78 is 36.4. The maximum absolute atomic E-state index is 13.7. The van der Waals surface area contributed by atoms with Gasteiger partial charge in [-0.2, -0.15) is 4.31 Å². The lowest BCUT2D eigenvalue weighted by Crippen LogP contribution is -2.42. The molecular weight excluding hydrogens is 554 g/mol. The smallest absolute Gasteiger partial charge is 0.294 e. The number of aryl methyl sites for hydroxylation is 2. The van der Waals surface area contributed by atoms with Crippen LogP contribution in [0.3, 0.4) is 0 Å². The largest absolute Gasteiger partial charge is 0.493 e. The van der Waals surface area contributed by atoms with Crippen LogP contribution in [-0.4, -0.2) is 69.9 Å². The second-order valence-corrected chi connectivity index (χ2v) is 12.1. The van der Waals surface area contributed by atoms with E-state index in [9.17, 15) is 28.4 Å². The summed E-state index contributed by atoms with van der Waals surface area (Å²) in [5.41, 5.74) is 2.07. The Hall–Kier alpha value is -3.49. The van der Waals surface area contributed by atoms with E-state index in [1.54, 1.807) is 6.07 Å². The molecule has 2 N–H and O–H groups in total. The minimum absolute atomic E-state index is 0.0229. The zero-order valence-electron chi connectivity index (χ0n) is 23.5. The molecule has 4 rings (SSSR count). The number of nitrogens with one attached hydrogen (secondary N) is 1. The van der Waals surface area contributed by atoms with Crippen molar-refractivity contribution in [3.05, 3.63) is 50.4 Å². The predicted octanol–water partition coefficient (Wildman–Crippen LogP) is 3.12. The Morgan fingerprint density at radius 1 is 1.22 bits per heavy atom. The quantitative estimate of drug-likeness (QED) is 0.224. The molecule has 1 saturated heterocycles. The van der Waals surface area contributed by atoms with Crippen molar-refractivity contribution < 1.29 is 28.2 Å². The number of hydrogen-bond acceptors (Lipinski definition) is 9. The molecule has 224 valence electrons. The van der Waals surface area contributed by atoms with Gasteiger partial charge in [-0.3, -0.25) is 4.79 Å². The monoisotopic (exact) mass is 591 g/mol. The third kappa shape index (κ3) is 6.54. The summed E-state index contributed by atoms with van der Waals surface area (Å²) in [6, 6.07) is 4.53. The summed E-state index contributed by atoms with van der Waals surface area (Å²) in [5, 5.41) is 19.7. The Morgan fingerprint density at radius 3 is 2.59 bits per heavy atom. The topological polar surface area (TPSA) is 170 Å². The van der Waals surface area contributed by atoms with Crippen molar-refractivity contribution in [1.82, 2.24) is 18.8 Å². The molecule has 0 bridgehead atoms. The number of nitrogens with zero attached hydrogens (tertiary/aromatic N) is 4. The Morgan fingerprint density at radius 2 is 1.95 bits per heavy atom. The van der Waals surface area contributed by atoms with Crippen molar-refractivity contribution in [3.8, 4) is 17.1 Å². The van der Waals surface area contributed by atoms with Gasteiger partial charge in [0.15, 0.2) is 0 Å². The third-order valence-electron chi connectivity index (χ3n) is 7.36. The number of H-pyrrole nitrogens is 1. The van der Waals surface area contributed by atoms with Crippen molar-refractivity contribution in [2.24, 2.45) is 5.92 Å². The van der Waals surface area contributed by atoms with Gasteiger partial charge in [0.05, 0.1) is 28.7 Å². The number of piperidine rings is 1. The van der Waals surface area contributed by atoms with E-state index in [4.69, 9.17) is 9.72 Å². The lowest BCUT2D eigenvalue weighted by Gasteiger charge is -2.33. The van der Waals surface area contributed by atoms with E-state index in [2.05, 4.69) is 16.7 Å². The van der Waals surface area contributed by atoms with Crippen molar-refractivity contribution in [3.63, 3.8) is 0 Å². The molecule has 0 saturated carbocycles. The average molecular weight is 592 g/mol. The minimum atomic E-state index is -3.94. The molecule has 0 aliphatic carbocycles. The molecule has 13 nitrogen and oxygen atoms in total. The van der Waals surface area contributed by atoms with Gasteiger partial charge in [-0.1, -0.05) is 20.3 Å². The summed E-state index contributed by atoms with van der Waals surface area (Å²) in [7, 11) is -3.94. The van der Waals surface area contributed by atoms with Gasteiger partial charge in [-0.15, -0.1) is 10.1 Å². The lowest BCUT2D eigenvalue weighted by atomic mass is 9.93. The second kappa shape index (κ2) is 13.0. The first-order valence-electron chi connectivity index (χ1n) is 13.9. The molecule has 1 aromatic carbocycles. The van der Waals surface area contributed by atoms with Crippen LogP contribution < -0.4 is 10.3 Å². The van der Waals surface area contributed by atoms with Gasteiger partial charge in [0.1, 0.15) is 23.7 Å². The molecule has 1 atom stereocenters. The second-order valence-electron chi connectivity index (χ2n) is 10.1. The fraction of sp³-hybridized carbons (Fsp3) is 0.556. The highest BCUT2D eigenvalue weighted by molar-refractivity contribution is 7.89. The minimum Gasteiger partial charge on any atom is -0.493 e. The Labute approximate surface area is 238 Å². The van der Waals surface area contributed by atoms with Crippen molar-refractivity contribution in [1.29, 1.82) is 0 Å². The van der Waals surface area contributed by atoms with Gasteiger partial charge in [-0.25, -0.2) is 13.4 Å². The van der Waals surface area contributed by atoms with Crippen LogP contribution in [0.2, 0.25) is 0 Å². The SMILES string of the molecule is CCCOc1ccc(S(=O)(=O)N2CCC([C@@H](O)CO[N+](=O)[O-])CC2)cc1-c1nc2c(CCC)cn(CC)c2c(=O)[nH]1. The van der Waals surface area contributed by atoms with Crippen LogP contribution in [0.5, 0.6) is 5.75 Å². The summed E-state index contributed by atoms with van der Waals surface area (Å²) in [6.07, 6.45) is 3.88. The highest BCUT2D eigenvalue weighted by Crippen LogP contribution is 2.34. The van der Waals surface area contributed by atoms with E-state index < -0.39 is 27.8 Å². The highest BCUT2D eigenvalue weighted by atomic mass is 32.2. The molecule has 0 unspecified atom stereocenters. The van der Waals surface area contributed by atoms with Crippen molar-refractivity contribution in [2.75, 3.05) is 26.3 Å². The van der Waals surface area contributed by atoms with Crippen LogP contribution in [0, 0.1) is 16.0 Å². The first-order valence-corrected chi connectivity index (χ1v) is 15.4. The van der Waals surface area contributed by atoms with E-state index in [0.717, 1.165) is 24.8 Å². The molecular formula is C27H37N5O8S. The summed E-state index contributed by atoms with van der Waals surface area (Å²) in [5.74, 6) is 0.313. The van der Waals surface area contributed by atoms with Gasteiger partial charge >= 0.3 is 0 Å². The number of rotatable bonds is 13. The number of hydrogen-bond donors (Lipinski definition) is 2. The number of aromatic amines is 1. The van der Waals surface area contributed by atoms with Crippen LogP contribution in [0.25, 0.3) is 22.4 Å². The number of benzene rings is 1. The third-order valence-corrected chi connectivity index (χ3v) is 9.25. The van der Waals surface area contributed by atoms with Gasteiger partial charge in [-0.05, 0) is 62.3 Å². The van der Waals surface area contributed by atoms with Gasteiger partial charge in [0.25, 0.3) is 10.6 Å². The molecule has 2 aromatic heterocycles. The van der Waals surface area contributed by atoms with E-state index in [0.29, 0.717) is 48.3 Å². The summed E-state index contributed by atoms with van der Waals surface area (Å²) in [6.45, 7) is 6.79. The molecule has 0 spiro atoms. The molecule has 1 aliphatic heterocycles. The number of aromatic nitrogens is 3. The van der Waals surface area contributed by atoms with Crippen LogP contribution in [0.1, 0.15) is 52.0 Å². The summed E-state index contributed by atoms with van der Waals surface area (Å²) in [4.78, 5) is 35.6. The molecule has 1 fully saturated rings. The van der Waals surface area contributed by atoms with Crippen LogP contribution >= 0.6 is 0 Å². The van der Waals surface area contributed by atoms with Crippen molar-refractivity contribution in [2.45, 2.75) is 70.4 Å². The summed E-state index contributed by atoms with van der Waals surface area (Å²) >= 11 is 0. The van der Waals surface area contributed by atoms with E-state index in [1.807, 2.05) is 24.6 Å². The zero-order valence-corrected chi connectivity index (χ0v) is 24.4. The predicted molar refractivity (Wildman–Crippen MR) is 152 cm³/mol. The Bertz CT molecular complexity index is 1540. The standard InChI is InChI=1S/C27H37N5O8S/c1-4-7-19-16-30(6-3)25-24(19)28-26(29-27(25)34)21-15-20(8-9-23(21)39-14-5-2)41(37,38)31-12-10-18(11-13-31)22(33)17-40-32(35)36/h8-9,15-16,18,22,33H,4-7,10-14,17H2,1-3H3,(H,28,29,34)/t22-/m0/s1. The van der Waals surface area contributed by atoms with E-state index in [-0.39, 0.29) is 35.3 Å². The molecule has 1 aliphatic rings. The highest BCUT2D eigenvalue weighted by Gasteiger charge is 2.33. The van der Waals surface area contributed by atoms with Crippen LogP contribution in [0.15, 0.2) is 34.1 Å². The molecule has 3 heterocycles. The molecule has 14 heteroatoms. The Kier molecular flexibility index (Phi) is 9.66. The first-order chi connectivity index (χ1) is 19.6. The first kappa shape index (κ1) is 30.5. The van der Waals surface area contributed by atoms with E-state index in [1.165, 1.54) is 16.4 Å². The number of aliphatic hydroxyl groups is 1. The molecule has 3 aromatic rings. The van der Waals surface area contributed by atoms with Gasteiger partial charge in [0.2, 0.25) is 10.0 Å². The number of fused-ring (bicyclic) bond motifs is 1. The van der Waals surface area contributed by atoms with E-state index >= 15 is 0 Å². The fourth-order valence-electron chi connectivity index (χ4n) is 5.22. The fourth-order valence-corrected chi connectivity index (χ4v) is 6.71. The zero-order chi connectivity index (χ0) is 29.7. The van der Waals surface area contributed by atoms with Crippen LogP contribution in [0.4, 0.5) is 0 Å².